The van der Waals surface area contributed by atoms with Gasteiger partial charge < -0.3 is 0 Å². The largest absolute Gasteiger partial charge is 0.0840 e. The molecule has 0 spiro atoms. The summed E-state index contributed by atoms with van der Waals surface area (Å²) >= 11 is 0. The van der Waals surface area contributed by atoms with Crippen LogP contribution in [0.25, 0.3) is 0 Å². The summed E-state index contributed by atoms with van der Waals surface area (Å²) in [6, 6.07) is 46.0. The molecule has 0 saturated carbocycles. The molecule has 4 atom stereocenters. The van der Waals surface area contributed by atoms with Gasteiger partial charge in [0, 0.05) is 22.6 Å². The fraction of sp³-hybridized carbons (Fsp3) is 0.294. The second kappa shape index (κ2) is 11.0. The van der Waals surface area contributed by atoms with E-state index in [1.165, 1.54) is 25.7 Å². The van der Waals surface area contributed by atoms with E-state index in [4.69, 9.17) is 0 Å². The van der Waals surface area contributed by atoms with Crippen molar-refractivity contribution in [2.24, 2.45) is 0 Å². The van der Waals surface area contributed by atoms with Crippen molar-refractivity contribution in [2.75, 3.05) is 0 Å². The first-order valence-electron chi connectivity index (χ1n) is 13.6. The zero-order valence-electron chi connectivity index (χ0n) is 21.2. The molecule has 0 bridgehead atoms. The minimum Gasteiger partial charge on any atom is -0.0840 e. The molecule has 182 valence electrons. The van der Waals surface area contributed by atoms with Crippen molar-refractivity contribution in [3.8, 4) is 0 Å². The highest BCUT2D eigenvalue weighted by Gasteiger charge is 2.48. The lowest BCUT2D eigenvalue weighted by atomic mass is 10.0. The lowest BCUT2D eigenvalue weighted by molar-refractivity contribution is 0.765. The molecule has 0 aromatic heterocycles. The average molecular weight is 507 g/mol. The van der Waals surface area contributed by atoms with Crippen molar-refractivity contribution in [2.45, 2.75) is 60.6 Å². The van der Waals surface area contributed by atoms with Crippen LogP contribution in [0.1, 0.15) is 77.5 Å². The third kappa shape index (κ3) is 4.72. The van der Waals surface area contributed by atoms with E-state index >= 15 is 0 Å². The number of benzene rings is 4. The second-order valence-corrected chi connectivity index (χ2v) is 16.6. The Labute approximate surface area is 219 Å². The Bertz CT molecular complexity index is 1030. The number of rotatable bonds is 6. The van der Waals surface area contributed by atoms with Crippen LogP contribution in [0.3, 0.4) is 0 Å². The molecule has 4 aromatic carbocycles. The van der Waals surface area contributed by atoms with Crippen LogP contribution in [0.15, 0.2) is 121 Å². The topological polar surface area (TPSA) is 0 Å². The van der Waals surface area contributed by atoms with Crippen LogP contribution >= 0.6 is 15.8 Å². The fourth-order valence-corrected chi connectivity index (χ4v) is 16.9. The molecule has 0 radical (unpaired) electrons. The van der Waals surface area contributed by atoms with Crippen molar-refractivity contribution < 1.29 is 0 Å². The Morgan fingerprint density at radius 3 is 0.861 bits per heavy atom. The van der Waals surface area contributed by atoms with Gasteiger partial charge >= 0.3 is 0 Å². The van der Waals surface area contributed by atoms with E-state index in [1.807, 2.05) is 0 Å². The summed E-state index contributed by atoms with van der Waals surface area (Å²) in [5, 5.41) is 0.755. The maximum atomic E-state index is 2.67. The van der Waals surface area contributed by atoms with E-state index in [9.17, 15) is 0 Å². The van der Waals surface area contributed by atoms with Gasteiger partial charge in [-0.25, -0.2) is 0 Å². The molecule has 2 aliphatic heterocycles. The van der Waals surface area contributed by atoms with Crippen molar-refractivity contribution in [3.05, 3.63) is 144 Å². The molecule has 0 amide bonds. The molecule has 4 unspecified atom stereocenters. The van der Waals surface area contributed by atoms with E-state index in [1.54, 1.807) is 22.3 Å². The quantitative estimate of drug-likeness (QED) is 0.228. The fourth-order valence-electron chi connectivity index (χ4n) is 6.91. The van der Waals surface area contributed by atoms with Gasteiger partial charge in [-0.2, -0.15) is 0 Å². The maximum Gasteiger partial charge on any atom is 0.00532 e. The van der Waals surface area contributed by atoms with Gasteiger partial charge in [-0.15, -0.1) is 0 Å². The lowest BCUT2D eigenvalue weighted by Gasteiger charge is -2.41. The highest BCUT2D eigenvalue weighted by atomic mass is 31.2. The lowest BCUT2D eigenvalue weighted by Crippen LogP contribution is -2.10. The van der Waals surface area contributed by atoms with E-state index < -0.39 is 0 Å². The van der Waals surface area contributed by atoms with Crippen molar-refractivity contribution in [1.82, 2.24) is 0 Å². The Hall–Kier alpha value is -2.26. The first kappa shape index (κ1) is 24.1. The van der Waals surface area contributed by atoms with Gasteiger partial charge in [0.15, 0.2) is 0 Å². The third-order valence-electron chi connectivity index (χ3n) is 8.47. The van der Waals surface area contributed by atoms with Crippen LogP contribution in [0.5, 0.6) is 0 Å². The van der Waals surface area contributed by atoms with E-state index in [0.29, 0.717) is 22.6 Å². The van der Waals surface area contributed by atoms with Crippen molar-refractivity contribution in [1.29, 1.82) is 0 Å². The number of hydrogen-bond donors (Lipinski definition) is 0. The molecule has 6 rings (SSSR count). The molecule has 2 aliphatic rings. The maximum absolute atomic E-state index is 2.67. The molecule has 2 fully saturated rings. The molecule has 2 saturated heterocycles. The van der Waals surface area contributed by atoms with Crippen LogP contribution in [0, 0.1) is 0 Å². The van der Waals surface area contributed by atoms with Gasteiger partial charge in [0.1, 0.15) is 0 Å². The van der Waals surface area contributed by atoms with Gasteiger partial charge in [-0.3, -0.25) is 0 Å². The van der Waals surface area contributed by atoms with Gasteiger partial charge in [0.05, 0.1) is 0 Å². The number of hydrogen-bond acceptors (Lipinski definition) is 0. The van der Waals surface area contributed by atoms with Crippen molar-refractivity contribution in [3.63, 3.8) is 0 Å². The smallest absolute Gasteiger partial charge is 0.00532 e. The predicted molar refractivity (Wildman–Crippen MR) is 159 cm³/mol. The first-order chi connectivity index (χ1) is 17.8. The van der Waals surface area contributed by atoms with E-state index in [-0.39, 0.29) is 15.8 Å². The molecule has 2 heteroatoms. The zero-order chi connectivity index (χ0) is 24.3. The molecule has 0 aliphatic carbocycles. The SMILES string of the molecule is CC(P1C(c2ccccc2)CCC1c1ccccc1)P1C(c2ccccc2)CCC1c1ccccc1. The normalized spacial score (nSPS) is 28.7. The summed E-state index contributed by atoms with van der Waals surface area (Å²) in [4.78, 5) is 0. The minimum atomic E-state index is -0.202. The van der Waals surface area contributed by atoms with Crippen LogP contribution in [-0.4, -0.2) is 5.40 Å². The highest BCUT2D eigenvalue weighted by Crippen LogP contribution is 2.84. The Morgan fingerprint density at radius 1 is 0.417 bits per heavy atom. The molecule has 0 N–H and O–H groups in total. The van der Waals surface area contributed by atoms with E-state index in [2.05, 4.69) is 128 Å². The Balaban J connectivity index is 1.43. The second-order valence-electron chi connectivity index (χ2n) is 10.4. The van der Waals surface area contributed by atoms with Crippen molar-refractivity contribution >= 4 is 15.8 Å². The summed E-state index contributed by atoms with van der Waals surface area (Å²) < 4.78 is 0. The summed E-state index contributed by atoms with van der Waals surface area (Å²) in [5.74, 6) is 0. The van der Waals surface area contributed by atoms with Crippen LogP contribution in [0.4, 0.5) is 0 Å². The molecule has 4 aromatic rings. The molecule has 2 heterocycles. The molecule has 0 nitrogen and oxygen atoms in total. The molecule has 36 heavy (non-hydrogen) atoms. The standard InChI is InChI=1S/C34H36P2/c1-26(35-31(27-14-6-2-7-15-27)22-23-32(35)28-16-8-3-9-17-28)36-33(29-18-10-4-11-19-29)24-25-34(36)30-20-12-5-13-21-30/h2-21,26,31-34H,22-25H2,1H3. The third-order valence-corrected chi connectivity index (χ3v) is 16.9. The van der Waals surface area contributed by atoms with Crippen LogP contribution in [-0.2, 0) is 0 Å². The van der Waals surface area contributed by atoms with E-state index in [0.717, 1.165) is 5.40 Å². The van der Waals surface area contributed by atoms with Gasteiger partial charge in [0.25, 0.3) is 0 Å². The predicted octanol–water partition coefficient (Wildman–Crippen LogP) is 10.8. The minimum absolute atomic E-state index is 0.202. The van der Waals surface area contributed by atoms with Gasteiger partial charge in [0.2, 0.25) is 0 Å². The summed E-state index contributed by atoms with van der Waals surface area (Å²) in [5.41, 5.74) is 9.14. The molecular weight excluding hydrogens is 470 g/mol. The first-order valence-corrected chi connectivity index (χ1v) is 16.7. The highest BCUT2D eigenvalue weighted by molar-refractivity contribution is 7.76. The average Bonchev–Trinajstić information content (AvgIpc) is 3.60. The van der Waals surface area contributed by atoms with Crippen LogP contribution in [0.2, 0.25) is 0 Å². The summed E-state index contributed by atoms with van der Waals surface area (Å²) in [6.45, 7) is 2.67. The van der Waals surface area contributed by atoms with Gasteiger partial charge in [-0.1, -0.05) is 144 Å². The summed E-state index contributed by atoms with van der Waals surface area (Å²) in [7, 11) is -0.404. The zero-order valence-corrected chi connectivity index (χ0v) is 22.9. The van der Waals surface area contributed by atoms with Gasteiger partial charge in [-0.05, 0) is 53.3 Å². The Kier molecular flexibility index (Phi) is 7.37. The van der Waals surface area contributed by atoms with Crippen LogP contribution < -0.4 is 0 Å². The monoisotopic (exact) mass is 506 g/mol. The summed E-state index contributed by atoms with van der Waals surface area (Å²) in [6.07, 6.45) is 5.31. The molecular formula is C34H36P2. The Morgan fingerprint density at radius 2 is 0.639 bits per heavy atom.